The molecule has 0 aliphatic rings. The highest BCUT2D eigenvalue weighted by atomic mass is 16.5. The summed E-state index contributed by atoms with van der Waals surface area (Å²) in [5.41, 5.74) is 0.145. The molecule has 1 atom stereocenters. The highest BCUT2D eigenvalue weighted by molar-refractivity contribution is 5.30. The fourth-order valence-corrected chi connectivity index (χ4v) is 1.73. The lowest BCUT2D eigenvalue weighted by atomic mass is 9.92. The largest absolute Gasteiger partial charge is 0.494 e. The van der Waals surface area contributed by atoms with Crippen LogP contribution in [0.5, 0.6) is 5.75 Å². The van der Waals surface area contributed by atoms with Crippen molar-refractivity contribution in [1.82, 2.24) is 5.32 Å². The maximum atomic E-state index is 10.4. The van der Waals surface area contributed by atoms with E-state index in [-0.39, 0.29) is 0 Å². The number of hydrogen-bond acceptors (Lipinski definition) is 3. The molecule has 0 heterocycles. The van der Waals surface area contributed by atoms with Crippen LogP contribution in [-0.2, 0) is 5.60 Å². The van der Waals surface area contributed by atoms with Crippen LogP contribution in [-0.4, -0.2) is 24.8 Å². The molecule has 3 heteroatoms. The molecule has 0 saturated carbocycles. The zero-order chi connectivity index (χ0) is 12.7. The Labute approximate surface area is 104 Å². The molecule has 0 amide bonds. The minimum Gasteiger partial charge on any atom is -0.494 e. The molecule has 0 saturated heterocycles. The maximum Gasteiger partial charge on any atom is 0.119 e. The Kier molecular flexibility index (Phi) is 5.45. The van der Waals surface area contributed by atoms with Crippen LogP contribution in [0.3, 0.4) is 0 Å². The predicted molar refractivity (Wildman–Crippen MR) is 70.3 cm³/mol. The summed E-state index contributed by atoms with van der Waals surface area (Å²) in [6, 6.07) is 7.66. The fraction of sp³-hybridized carbons (Fsp3) is 0.571. The van der Waals surface area contributed by atoms with Crippen molar-refractivity contribution in [2.24, 2.45) is 0 Å². The molecule has 3 nitrogen and oxygen atoms in total. The van der Waals surface area contributed by atoms with Gasteiger partial charge in [-0.2, -0.15) is 0 Å². The van der Waals surface area contributed by atoms with Gasteiger partial charge in [0.2, 0.25) is 0 Å². The van der Waals surface area contributed by atoms with Gasteiger partial charge in [0, 0.05) is 0 Å². The van der Waals surface area contributed by atoms with E-state index in [0.717, 1.165) is 24.4 Å². The van der Waals surface area contributed by atoms with Crippen LogP contribution in [0, 0.1) is 0 Å². The summed E-state index contributed by atoms with van der Waals surface area (Å²) in [6.45, 7) is 8.28. The van der Waals surface area contributed by atoms with Crippen LogP contribution >= 0.6 is 0 Å². The molecule has 2 N–H and O–H groups in total. The molecule has 0 aliphatic heterocycles. The zero-order valence-electron chi connectivity index (χ0n) is 11.0. The molecule has 0 radical (unpaired) electrons. The Morgan fingerprint density at radius 2 is 1.88 bits per heavy atom. The minimum atomic E-state index is -0.785. The lowest BCUT2D eigenvalue weighted by Crippen LogP contribution is -2.27. The summed E-state index contributed by atoms with van der Waals surface area (Å²) in [6.07, 6.45) is 0.703. The molecule has 0 fully saturated rings. The Bertz CT molecular complexity index is 319. The van der Waals surface area contributed by atoms with Crippen molar-refractivity contribution in [3.05, 3.63) is 29.8 Å². The van der Waals surface area contributed by atoms with E-state index >= 15 is 0 Å². The number of rotatable bonds is 7. The van der Waals surface area contributed by atoms with Gasteiger partial charge >= 0.3 is 0 Å². The van der Waals surface area contributed by atoms with E-state index in [0.29, 0.717) is 13.0 Å². The average Bonchev–Trinajstić information content (AvgIpc) is 2.30. The highest BCUT2D eigenvalue weighted by Crippen LogP contribution is 2.25. The van der Waals surface area contributed by atoms with Gasteiger partial charge in [0.05, 0.1) is 12.2 Å². The molecule has 0 spiro atoms. The molecular formula is C14H23NO2. The first kappa shape index (κ1) is 14.0. The standard InChI is InChI=1S/C14H23NO2/c1-4-15-11-10-14(3,16)12-6-8-13(9-7-12)17-5-2/h6-9,15-16H,4-5,10-11H2,1-3H3. The number of benzene rings is 1. The van der Waals surface area contributed by atoms with Gasteiger partial charge in [-0.25, -0.2) is 0 Å². The number of aliphatic hydroxyl groups is 1. The quantitative estimate of drug-likeness (QED) is 0.715. The molecule has 17 heavy (non-hydrogen) atoms. The third-order valence-corrected chi connectivity index (χ3v) is 2.83. The SMILES string of the molecule is CCNCCC(C)(O)c1ccc(OCC)cc1. The summed E-state index contributed by atoms with van der Waals surface area (Å²) in [5.74, 6) is 0.846. The van der Waals surface area contributed by atoms with Crippen molar-refractivity contribution in [3.8, 4) is 5.75 Å². The van der Waals surface area contributed by atoms with Crippen LogP contribution in [0.15, 0.2) is 24.3 Å². The van der Waals surface area contributed by atoms with E-state index in [4.69, 9.17) is 4.74 Å². The topological polar surface area (TPSA) is 41.5 Å². The minimum absolute atomic E-state index is 0.663. The van der Waals surface area contributed by atoms with Gasteiger partial charge in [0.15, 0.2) is 0 Å². The van der Waals surface area contributed by atoms with Gasteiger partial charge in [0.1, 0.15) is 5.75 Å². The van der Waals surface area contributed by atoms with Crippen LogP contribution in [0.1, 0.15) is 32.8 Å². The normalized spacial score (nSPS) is 14.4. The number of nitrogens with one attached hydrogen (secondary N) is 1. The Hall–Kier alpha value is -1.06. The number of hydrogen-bond donors (Lipinski definition) is 2. The van der Waals surface area contributed by atoms with E-state index < -0.39 is 5.60 Å². The second-order valence-corrected chi connectivity index (χ2v) is 4.33. The summed E-state index contributed by atoms with van der Waals surface area (Å²) >= 11 is 0. The van der Waals surface area contributed by atoms with E-state index in [1.54, 1.807) is 0 Å². The smallest absolute Gasteiger partial charge is 0.119 e. The molecule has 1 rings (SSSR count). The molecule has 0 aromatic heterocycles. The van der Waals surface area contributed by atoms with Gasteiger partial charge in [-0.1, -0.05) is 19.1 Å². The van der Waals surface area contributed by atoms with E-state index in [1.807, 2.05) is 38.1 Å². The van der Waals surface area contributed by atoms with Crippen LogP contribution in [0.4, 0.5) is 0 Å². The van der Waals surface area contributed by atoms with Crippen LogP contribution in [0.25, 0.3) is 0 Å². The first-order chi connectivity index (χ1) is 8.10. The molecule has 96 valence electrons. The first-order valence-corrected chi connectivity index (χ1v) is 6.26. The lowest BCUT2D eigenvalue weighted by Gasteiger charge is -2.24. The Morgan fingerprint density at radius 1 is 1.24 bits per heavy atom. The predicted octanol–water partition coefficient (Wildman–Crippen LogP) is 2.29. The molecule has 1 unspecified atom stereocenters. The van der Waals surface area contributed by atoms with Crippen molar-refractivity contribution in [2.75, 3.05) is 19.7 Å². The maximum absolute atomic E-state index is 10.4. The van der Waals surface area contributed by atoms with Gasteiger partial charge in [0.25, 0.3) is 0 Å². The van der Waals surface area contributed by atoms with Crippen molar-refractivity contribution in [3.63, 3.8) is 0 Å². The monoisotopic (exact) mass is 237 g/mol. The Balaban J connectivity index is 2.63. The second kappa shape index (κ2) is 6.62. The summed E-state index contributed by atoms with van der Waals surface area (Å²) in [7, 11) is 0. The molecular weight excluding hydrogens is 214 g/mol. The molecule has 1 aromatic rings. The first-order valence-electron chi connectivity index (χ1n) is 6.26. The second-order valence-electron chi connectivity index (χ2n) is 4.33. The van der Waals surface area contributed by atoms with Crippen molar-refractivity contribution >= 4 is 0 Å². The van der Waals surface area contributed by atoms with Crippen molar-refractivity contribution in [2.45, 2.75) is 32.8 Å². The van der Waals surface area contributed by atoms with Crippen LogP contribution in [0.2, 0.25) is 0 Å². The summed E-state index contributed by atoms with van der Waals surface area (Å²) in [4.78, 5) is 0. The van der Waals surface area contributed by atoms with Crippen LogP contribution < -0.4 is 10.1 Å². The number of ether oxygens (including phenoxy) is 1. The Morgan fingerprint density at radius 3 is 2.41 bits per heavy atom. The lowest BCUT2D eigenvalue weighted by molar-refractivity contribution is 0.0481. The van der Waals surface area contributed by atoms with Crippen molar-refractivity contribution < 1.29 is 9.84 Å². The van der Waals surface area contributed by atoms with Gasteiger partial charge in [-0.15, -0.1) is 0 Å². The highest BCUT2D eigenvalue weighted by Gasteiger charge is 2.22. The molecule has 0 aliphatic carbocycles. The summed E-state index contributed by atoms with van der Waals surface area (Å²) < 4.78 is 5.38. The average molecular weight is 237 g/mol. The summed E-state index contributed by atoms with van der Waals surface area (Å²) in [5, 5.41) is 13.6. The molecule has 1 aromatic carbocycles. The van der Waals surface area contributed by atoms with Gasteiger partial charge in [-0.05, 0) is 51.1 Å². The van der Waals surface area contributed by atoms with E-state index in [2.05, 4.69) is 12.2 Å². The van der Waals surface area contributed by atoms with E-state index in [9.17, 15) is 5.11 Å². The third-order valence-electron chi connectivity index (χ3n) is 2.83. The van der Waals surface area contributed by atoms with E-state index in [1.165, 1.54) is 0 Å². The van der Waals surface area contributed by atoms with Gasteiger partial charge in [-0.3, -0.25) is 0 Å². The molecule has 0 bridgehead atoms. The zero-order valence-corrected chi connectivity index (χ0v) is 11.0. The van der Waals surface area contributed by atoms with Gasteiger partial charge < -0.3 is 15.2 Å². The fourth-order valence-electron chi connectivity index (χ4n) is 1.73. The third kappa shape index (κ3) is 4.36. The van der Waals surface area contributed by atoms with Crippen molar-refractivity contribution in [1.29, 1.82) is 0 Å².